The van der Waals surface area contributed by atoms with Gasteiger partial charge < -0.3 is 24.5 Å². The number of carbonyl (C=O) groups excluding carboxylic acids is 2. The van der Waals surface area contributed by atoms with E-state index in [1.807, 2.05) is 0 Å². The van der Waals surface area contributed by atoms with Crippen LogP contribution in [0.3, 0.4) is 0 Å². The van der Waals surface area contributed by atoms with E-state index >= 15 is 0 Å². The second-order valence-corrected chi connectivity index (χ2v) is 6.00. The van der Waals surface area contributed by atoms with Crippen LogP contribution in [0.1, 0.15) is 26.6 Å². The third kappa shape index (κ3) is 3.96. The van der Waals surface area contributed by atoms with Crippen LogP contribution in [-0.2, 0) is 6.54 Å². The summed E-state index contributed by atoms with van der Waals surface area (Å²) in [6.07, 6.45) is 2.95. The van der Waals surface area contributed by atoms with Crippen molar-refractivity contribution in [1.29, 1.82) is 0 Å². The number of hydrogen-bond acceptors (Lipinski definition) is 6. The zero-order valence-corrected chi connectivity index (χ0v) is 14.8. The van der Waals surface area contributed by atoms with E-state index in [2.05, 4.69) is 15.6 Å². The van der Waals surface area contributed by atoms with Crippen molar-refractivity contribution < 1.29 is 23.5 Å². The maximum absolute atomic E-state index is 12.5. The molecule has 2 aromatic heterocycles. The molecule has 1 aliphatic rings. The minimum absolute atomic E-state index is 0.125. The molecule has 0 bridgehead atoms. The van der Waals surface area contributed by atoms with E-state index < -0.39 is 5.91 Å². The molecule has 0 radical (unpaired) electrons. The molecule has 4 rings (SSSR count). The van der Waals surface area contributed by atoms with E-state index in [4.69, 9.17) is 13.9 Å². The lowest BCUT2D eigenvalue weighted by Gasteiger charge is -2.19. The molecule has 142 valence electrons. The number of nitrogens with zero attached hydrogens (tertiary/aromatic N) is 1. The average Bonchev–Trinajstić information content (AvgIpc) is 3.25. The summed E-state index contributed by atoms with van der Waals surface area (Å²) in [6.45, 7) is 1.21. The highest BCUT2D eigenvalue weighted by atomic mass is 16.6. The van der Waals surface area contributed by atoms with Crippen LogP contribution in [0.5, 0.6) is 11.5 Å². The number of anilines is 1. The van der Waals surface area contributed by atoms with Gasteiger partial charge in [0.1, 0.15) is 24.7 Å². The lowest BCUT2D eigenvalue weighted by molar-refractivity contribution is 0.0948. The summed E-state index contributed by atoms with van der Waals surface area (Å²) < 4.78 is 16.1. The Kier molecular flexibility index (Phi) is 4.92. The second kappa shape index (κ2) is 7.83. The number of aromatic nitrogens is 1. The maximum atomic E-state index is 12.5. The summed E-state index contributed by atoms with van der Waals surface area (Å²) in [5, 5.41) is 5.47. The zero-order valence-electron chi connectivity index (χ0n) is 14.8. The van der Waals surface area contributed by atoms with Crippen molar-refractivity contribution >= 4 is 17.5 Å². The van der Waals surface area contributed by atoms with E-state index in [1.165, 1.54) is 18.5 Å². The Morgan fingerprint density at radius 1 is 1.00 bits per heavy atom. The molecule has 1 aliphatic heterocycles. The van der Waals surface area contributed by atoms with Gasteiger partial charge in [-0.2, -0.15) is 0 Å². The van der Waals surface area contributed by atoms with Gasteiger partial charge in [-0.15, -0.1) is 0 Å². The highest BCUT2D eigenvalue weighted by molar-refractivity contribution is 6.04. The van der Waals surface area contributed by atoms with Crippen molar-refractivity contribution in [2.45, 2.75) is 6.54 Å². The van der Waals surface area contributed by atoms with Crippen molar-refractivity contribution in [3.63, 3.8) is 0 Å². The molecular weight excluding hydrogens is 362 g/mol. The highest BCUT2D eigenvalue weighted by Gasteiger charge is 2.15. The highest BCUT2D eigenvalue weighted by Crippen LogP contribution is 2.32. The smallest absolute Gasteiger partial charge is 0.274 e. The number of nitrogens with one attached hydrogen (secondary N) is 2. The van der Waals surface area contributed by atoms with Gasteiger partial charge in [0, 0.05) is 23.5 Å². The van der Waals surface area contributed by atoms with E-state index in [0.29, 0.717) is 41.7 Å². The normalized spacial score (nSPS) is 12.3. The topological polar surface area (TPSA) is 103 Å². The number of amides is 2. The Bertz CT molecular complexity index is 1000. The molecule has 0 spiro atoms. The minimum Gasteiger partial charge on any atom is -0.486 e. The van der Waals surface area contributed by atoms with E-state index in [0.717, 1.165) is 0 Å². The van der Waals surface area contributed by atoms with E-state index in [9.17, 15) is 9.59 Å². The zero-order chi connectivity index (χ0) is 19.3. The Hall–Kier alpha value is -3.81. The number of ether oxygens (including phenoxy) is 2. The predicted octanol–water partition coefficient (Wildman–Crippen LogP) is 2.63. The SMILES string of the molecule is O=C(NCc1ccco1)c1ccnc(C(=O)Nc2ccc3c(c2)OCCO3)c1. The van der Waals surface area contributed by atoms with Crippen LogP contribution in [0.2, 0.25) is 0 Å². The van der Waals surface area contributed by atoms with Crippen LogP contribution in [0.4, 0.5) is 5.69 Å². The first-order valence-electron chi connectivity index (χ1n) is 8.67. The molecule has 0 saturated carbocycles. The van der Waals surface area contributed by atoms with Gasteiger partial charge in [-0.3, -0.25) is 14.6 Å². The maximum Gasteiger partial charge on any atom is 0.274 e. The molecule has 0 saturated heterocycles. The lowest BCUT2D eigenvalue weighted by atomic mass is 10.2. The molecule has 2 N–H and O–H groups in total. The van der Waals surface area contributed by atoms with Crippen molar-refractivity contribution in [1.82, 2.24) is 10.3 Å². The molecule has 8 nitrogen and oxygen atoms in total. The lowest BCUT2D eigenvalue weighted by Crippen LogP contribution is -2.23. The molecular formula is C20H17N3O5. The first-order valence-corrected chi connectivity index (χ1v) is 8.67. The molecule has 0 unspecified atom stereocenters. The summed E-state index contributed by atoms with van der Waals surface area (Å²) in [5.41, 5.74) is 0.998. The largest absolute Gasteiger partial charge is 0.486 e. The van der Waals surface area contributed by atoms with Gasteiger partial charge in [0.25, 0.3) is 11.8 Å². The summed E-state index contributed by atoms with van der Waals surface area (Å²) in [4.78, 5) is 28.8. The van der Waals surface area contributed by atoms with Crippen molar-refractivity contribution in [2.24, 2.45) is 0 Å². The molecule has 3 heterocycles. The fourth-order valence-corrected chi connectivity index (χ4v) is 2.69. The van der Waals surface area contributed by atoms with Gasteiger partial charge >= 0.3 is 0 Å². The summed E-state index contributed by atoms with van der Waals surface area (Å²) in [6, 6.07) is 11.6. The van der Waals surface area contributed by atoms with Gasteiger partial charge in [0.05, 0.1) is 12.8 Å². The van der Waals surface area contributed by atoms with Crippen molar-refractivity contribution in [3.8, 4) is 11.5 Å². The third-order valence-corrected chi connectivity index (χ3v) is 4.06. The van der Waals surface area contributed by atoms with Crippen molar-refractivity contribution in [2.75, 3.05) is 18.5 Å². The second-order valence-electron chi connectivity index (χ2n) is 6.00. The molecule has 0 fully saturated rings. The van der Waals surface area contributed by atoms with Gasteiger partial charge in [-0.1, -0.05) is 0 Å². The van der Waals surface area contributed by atoms with Gasteiger partial charge in [-0.05, 0) is 36.4 Å². The number of carbonyl (C=O) groups is 2. The molecule has 1 aromatic carbocycles. The Labute approximate surface area is 160 Å². The number of fused-ring (bicyclic) bond motifs is 1. The Morgan fingerprint density at radius 2 is 1.86 bits per heavy atom. The van der Waals surface area contributed by atoms with Crippen LogP contribution in [0.15, 0.2) is 59.3 Å². The number of pyridine rings is 1. The van der Waals surface area contributed by atoms with Crippen LogP contribution in [0.25, 0.3) is 0 Å². The minimum atomic E-state index is -0.433. The first kappa shape index (κ1) is 17.6. The van der Waals surface area contributed by atoms with Crippen LogP contribution in [-0.4, -0.2) is 30.0 Å². The molecule has 28 heavy (non-hydrogen) atoms. The van der Waals surface area contributed by atoms with Crippen LogP contribution >= 0.6 is 0 Å². The number of benzene rings is 1. The number of furan rings is 1. The van der Waals surface area contributed by atoms with Gasteiger partial charge in [0.15, 0.2) is 11.5 Å². The molecule has 0 atom stereocenters. The number of hydrogen-bond donors (Lipinski definition) is 2. The van der Waals surface area contributed by atoms with Crippen LogP contribution < -0.4 is 20.1 Å². The summed E-state index contributed by atoms with van der Waals surface area (Å²) in [5.74, 6) is 1.09. The van der Waals surface area contributed by atoms with Gasteiger partial charge in [0.2, 0.25) is 0 Å². The first-order chi connectivity index (χ1) is 13.7. The fraction of sp³-hybridized carbons (Fsp3) is 0.150. The van der Waals surface area contributed by atoms with Crippen molar-refractivity contribution in [3.05, 3.63) is 71.9 Å². The van der Waals surface area contributed by atoms with E-state index in [1.54, 1.807) is 36.4 Å². The molecule has 8 heteroatoms. The van der Waals surface area contributed by atoms with Crippen LogP contribution in [0, 0.1) is 0 Å². The molecule has 0 aliphatic carbocycles. The van der Waals surface area contributed by atoms with Gasteiger partial charge in [-0.25, -0.2) is 0 Å². The fourth-order valence-electron chi connectivity index (χ4n) is 2.69. The standard InChI is InChI=1S/C20H17N3O5/c24-19(22-12-15-2-1-7-26-15)13-5-6-21-16(10-13)20(25)23-14-3-4-17-18(11-14)28-9-8-27-17/h1-7,10-11H,8-9,12H2,(H,22,24)(H,23,25). The molecule has 3 aromatic rings. The summed E-state index contributed by atoms with van der Waals surface area (Å²) >= 11 is 0. The average molecular weight is 379 g/mol. The van der Waals surface area contributed by atoms with E-state index in [-0.39, 0.29) is 18.1 Å². The monoisotopic (exact) mass is 379 g/mol. The Morgan fingerprint density at radius 3 is 2.68 bits per heavy atom. The predicted molar refractivity (Wildman–Crippen MR) is 99.5 cm³/mol. The third-order valence-electron chi connectivity index (χ3n) is 4.06. The number of rotatable bonds is 5. The quantitative estimate of drug-likeness (QED) is 0.706. The Balaban J connectivity index is 1.43. The molecule has 2 amide bonds. The summed E-state index contributed by atoms with van der Waals surface area (Å²) in [7, 11) is 0.